The van der Waals surface area contributed by atoms with Crippen LogP contribution in [0.4, 0.5) is 0 Å². The first-order chi connectivity index (χ1) is 15.6. The summed E-state index contributed by atoms with van der Waals surface area (Å²) in [6.07, 6.45) is 3.59. The average molecular weight is 439 g/mol. The van der Waals surface area contributed by atoms with E-state index in [2.05, 4.69) is 15.6 Å². The molecule has 2 N–H and O–H groups in total. The van der Waals surface area contributed by atoms with Crippen molar-refractivity contribution in [3.63, 3.8) is 0 Å². The van der Waals surface area contributed by atoms with Crippen molar-refractivity contribution in [2.24, 2.45) is 5.92 Å². The Balaban J connectivity index is 1.62. The lowest BCUT2D eigenvalue weighted by molar-refractivity contribution is -0.126. The van der Waals surface area contributed by atoms with Crippen LogP contribution in [0.1, 0.15) is 41.6 Å². The van der Waals surface area contributed by atoms with E-state index in [4.69, 9.17) is 4.74 Å². The molecule has 0 bridgehead atoms. The van der Waals surface area contributed by atoms with E-state index in [0.29, 0.717) is 56.9 Å². The summed E-state index contributed by atoms with van der Waals surface area (Å²) < 4.78 is 5.04. The molecular weight excluding hydrogens is 408 g/mol. The van der Waals surface area contributed by atoms with Crippen LogP contribution in [0.3, 0.4) is 0 Å². The first-order valence-electron chi connectivity index (χ1n) is 10.9. The topological polar surface area (TPSA) is 101 Å². The van der Waals surface area contributed by atoms with Crippen molar-refractivity contribution >= 4 is 17.7 Å². The molecule has 1 unspecified atom stereocenters. The van der Waals surface area contributed by atoms with Gasteiger partial charge in [0.2, 0.25) is 17.7 Å². The molecule has 1 atom stereocenters. The van der Waals surface area contributed by atoms with Gasteiger partial charge in [0.25, 0.3) is 5.91 Å². The Labute approximate surface area is 188 Å². The minimum absolute atomic E-state index is 0.0282. The predicted molar refractivity (Wildman–Crippen MR) is 120 cm³/mol. The molecule has 0 radical (unpaired) electrons. The number of carbonyl (C=O) groups is 3. The van der Waals surface area contributed by atoms with Crippen LogP contribution in [-0.4, -0.2) is 54.3 Å². The van der Waals surface area contributed by atoms with Crippen molar-refractivity contribution in [2.75, 3.05) is 26.7 Å². The number of methoxy groups -OCH3 is 1. The molecule has 1 fully saturated rings. The van der Waals surface area contributed by atoms with Gasteiger partial charge in [-0.3, -0.25) is 14.4 Å². The molecule has 1 aliphatic rings. The van der Waals surface area contributed by atoms with E-state index in [1.807, 2.05) is 30.3 Å². The lowest BCUT2D eigenvalue weighted by Gasteiger charge is -2.23. The number of carbonyl (C=O) groups excluding carboxylic acids is 3. The van der Waals surface area contributed by atoms with Crippen LogP contribution in [0, 0.1) is 5.92 Å². The molecule has 8 nitrogen and oxygen atoms in total. The highest BCUT2D eigenvalue weighted by atomic mass is 16.5. The fraction of sp³-hybridized carbons (Fsp3) is 0.417. The molecular formula is C24H30N4O4. The second-order valence-electron chi connectivity index (χ2n) is 7.81. The fourth-order valence-electron chi connectivity index (χ4n) is 3.70. The lowest BCUT2D eigenvalue weighted by atomic mass is 9.98. The molecule has 3 rings (SSSR count). The number of hydrogen-bond acceptors (Lipinski definition) is 5. The number of ether oxygens (including phenoxy) is 1. The summed E-state index contributed by atoms with van der Waals surface area (Å²) in [7, 11) is 1.52. The number of nitrogens with zero attached hydrogens (tertiary/aromatic N) is 2. The van der Waals surface area contributed by atoms with Crippen molar-refractivity contribution in [1.29, 1.82) is 0 Å². The van der Waals surface area contributed by atoms with Gasteiger partial charge in [-0.1, -0.05) is 30.3 Å². The highest BCUT2D eigenvalue weighted by molar-refractivity contribution is 5.94. The minimum Gasteiger partial charge on any atom is -0.481 e. The molecule has 1 aromatic heterocycles. The van der Waals surface area contributed by atoms with E-state index < -0.39 is 0 Å². The van der Waals surface area contributed by atoms with E-state index in [-0.39, 0.29) is 30.1 Å². The van der Waals surface area contributed by atoms with Gasteiger partial charge < -0.3 is 20.3 Å². The first kappa shape index (κ1) is 23.2. The summed E-state index contributed by atoms with van der Waals surface area (Å²) in [5, 5.41) is 5.87. The maximum absolute atomic E-state index is 13.0. The average Bonchev–Trinajstić information content (AvgIpc) is 2.87. The van der Waals surface area contributed by atoms with Gasteiger partial charge >= 0.3 is 0 Å². The van der Waals surface area contributed by atoms with Crippen molar-refractivity contribution in [3.8, 4) is 5.88 Å². The van der Waals surface area contributed by atoms with Crippen molar-refractivity contribution < 1.29 is 19.1 Å². The molecule has 32 heavy (non-hydrogen) atoms. The Bertz CT molecular complexity index is 902. The van der Waals surface area contributed by atoms with Crippen LogP contribution in [0.5, 0.6) is 5.88 Å². The quantitative estimate of drug-likeness (QED) is 0.745. The Morgan fingerprint density at radius 2 is 1.97 bits per heavy atom. The molecule has 3 amide bonds. The van der Waals surface area contributed by atoms with E-state index in [9.17, 15) is 14.4 Å². The zero-order chi connectivity index (χ0) is 22.8. The van der Waals surface area contributed by atoms with Crippen molar-refractivity contribution in [2.45, 2.75) is 32.2 Å². The second kappa shape index (κ2) is 11.8. The summed E-state index contributed by atoms with van der Waals surface area (Å²) in [6.45, 7) is 1.71. The van der Waals surface area contributed by atoms with Crippen LogP contribution >= 0.6 is 0 Å². The third kappa shape index (κ3) is 6.80. The van der Waals surface area contributed by atoms with Gasteiger partial charge in [0.05, 0.1) is 12.7 Å². The fourth-order valence-corrected chi connectivity index (χ4v) is 3.70. The second-order valence-corrected chi connectivity index (χ2v) is 7.81. The molecule has 0 spiro atoms. The van der Waals surface area contributed by atoms with Gasteiger partial charge in [-0.15, -0.1) is 0 Å². The van der Waals surface area contributed by atoms with Gasteiger partial charge in [0.15, 0.2) is 0 Å². The van der Waals surface area contributed by atoms with Gasteiger partial charge in [-0.05, 0) is 30.9 Å². The van der Waals surface area contributed by atoms with Gasteiger partial charge in [0.1, 0.15) is 0 Å². The number of rotatable bonds is 5. The molecule has 0 saturated carbocycles. The zero-order valence-corrected chi connectivity index (χ0v) is 18.4. The first-order valence-corrected chi connectivity index (χ1v) is 10.9. The van der Waals surface area contributed by atoms with Gasteiger partial charge in [-0.25, -0.2) is 4.98 Å². The zero-order valence-electron chi connectivity index (χ0n) is 18.4. The largest absolute Gasteiger partial charge is 0.481 e. The maximum atomic E-state index is 13.0. The molecule has 2 heterocycles. The summed E-state index contributed by atoms with van der Waals surface area (Å²) in [4.78, 5) is 43.7. The summed E-state index contributed by atoms with van der Waals surface area (Å²) in [6, 6.07) is 13.1. The van der Waals surface area contributed by atoms with Crippen molar-refractivity contribution in [3.05, 3.63) is 59.8 Å². The maximum Gasteiger partial charge on any atom is 0.255 e. The van der Waals surface area contributed by atoms with Crippen LogP contribution in [0.25, 0.3) is 0 Å². The Morgan fingerprint density at radius 3 is 2.69 bits per heavy atom. The minimum atomic E-state index is -0.225. The summed E-state index contributed by atoms with van der Waals surface area (Å²) in [5.74, 6) is -0.127. The number of pyridine rings is 1. The highest BCUT2D eigenvalue weighted by Crippen LogP contribution is 2.16. The Hall–Kier alpha value is -3.42. The molecule has 1 aliphatic heterocycles. The number of nitrogens with one attached hydrogen (secondary N) is 2. The van der Waals surface area contributed by atoms with E-state index in [0.717, 1.165) is 5.56 Å². The molecule has 1 saturated heterocycles. The highest BCUT2D eigenvalue weighted by Gasteiger charge is 2.22. The van der Waals surface area contributed by atoms with Gasteiger partial charge in [0, 0.05) is 50.8 Å². The van der Waals surface area contributed by atoms with E-state index in [1.54, 1.807) is 17.0 Å². The summed E-state index contributed by atoms with van der Waals surface area (Å²) in [5.41, 5.74) is 1.48. The smallest absolute Gasteiger partial charge is 0.255 e. The molecule has 8 heteroatoms. The number of aromatic nitrogens is 1. The number of hydrogen-bond donors (Lipinski definition) is 2. The number of benzene rings is 1. The molecule has 2 aromatic rings. The van der Waals surface area contributed by atoms with Crippen LogP contribution < -0.4 is 15.4 Å². The molecule has 0 aliphatic carbocycles. The monoisotopic (exact) mass is 438 g/mol. The standard InChI is InChI=1S/C24H30N4O4/c1-32-22-10-9-20(17-26-22)24(31)28-14-5-8-19(11-13-25-21(29)12-15-28)23(30)27-16-18-6-3-2-4-7-18/h2-4,6-7,9-10,17,19H,5,8,11-16H2,1H3,(H,25,29)(H,27,30). The lowest BCUT2D eigenvalue weighted by Crippen LogP contribution is -2.35. The summed E-state index contributed by atoms with van der Waals surface area (Å²) >= 11 is 0. The Morgan fingerprint density at radius 1 is 1.16 bits per heavy atom. The van der Waals surface area contributed by atoms with E-state index >= 15 is 0 Å². The molecule has 1 aromatic carbocycles. The SMILES string of the molecule is COc1ccc(C(=O)N2CCCC(C(=O)NCc3ccccc3)CCNC(=O)CC2)cn1. The third-order valence-corrected chi connectivity index (χ3v) is 5.56. The van der Waals surface area contributed by atoms with Crippen LogP contribution in [0.2, 0.25) is 0 Å². The third-order valence-electron chi connectivity index (χ3n) is 5.56. The Kier molecular flexibility index (Phi) is 8.60. The van der Waals surface area contributed by atoms with E-state index in [1.165, 1.54) is 13.3 Å². The normalized spacial score (nSPS) is 17.6. The van der Waals surface area contributed by atoms with Crippen LogP contribution in [-0.2, 0) is 16.1 Å². The van der Waals surface area contributed by atoms with Gasteiger partial charge in [-0.2, -0.15) is 0 Å². The van der Waals surface area contributed by atoms with Crippen LogP contribution in [0.15, 0.2) is 48.7 Å². The predicted octanol–water partition coefficient (Wildman–Crippen LogP) is 2.16. The number of amides is 3. The molecule has 170 valence electrons. The van der Waals surface area contributed by atoms with Crippen molar-refractivity contribution in [1.82, 2.24) is 20.5 Å².